The lowest BCUT2D eigenvalue weighted by Gasteiger charge is -2.22. The van der Waals surface area contributed by atoms with Gasteiger partial charge in [0, 0.05) is 20.1 Å². The van der Waals surface area contributed by atoms with Gasteiger partial charge in [-0.3, -0.25) is 18.7 Å². The van der Waals surface area contributed by atoms with E-state index in [1.807, 2.05) is 20.8 Å². The second-order valence-electron chi connectivity index (χ2n) is 8.94. The number of hydrogen-bond donors (Lipinski definition) is 1. The molecular weight excluding hydrogens is 414 g/mol. The lowest BCUT2D eigenvalue weighted by atomic mass is 9.89. The van der Waals surface area contributed by atoms with Crippen LogP contribution in [0.1, 0.15) is 58.7 Å². The summed E-state index contributed by atoms with van der Waals surface area (Å²) in [5.74, 6) is 1.16. The Labute approximate surface area is 186 Å². The van der Waals surface area contributed by atoms with Crippen molar-refractivity contribution in [3.63, 3.8) is 0 Å². The molecule has 2 aromatic heterocycles. The number of nitrogens with one attached hydrogen (secondary N) is 1. The van der Waals surface area contributed by atoms with Crippen molar-refractivity contribution in [1.82, 2.24) is 24.4 Å². The van der Waals surface area contributed by atoms with Gasteiger partial charge in [0.05, 0.1) is 5.25 Å². The van der Waals surface area contributed by atoms with E-state index in [9.17, 15) is 14.4 Å². The maximum Gasteiger partial charge on any atom is 0.332 e. The molecule has 2 aromatic rings. The van der Waals surface area contributed by atoms with Crippen molar-refractivity contribution in [2.75, 3.05) is 6.54 Å². The molecule has 3 rings (SSSR count). The summed E-state index contributed by atoms with van der Waals surface area (Å²) < 4.78 is 2.63. The molecule has 1 amide bonds. The number of nitrogens with zero attached hydrogens (tertiary/aromatic N) is 4. The standard InChI is InChI=1S/C22H33N5O3S/c1-13(2)12-27-18-17(21(29)26(5)22(27)30)20(25-15(4)24-18)31-14(3)19(28)23-11-16-9-7-6-8-10-16/h13-14,16H,6-12H2,1-5H3,(H,23,28). The Morgan fingerprint density at radius 3 is 2.48 bits per heavy atom. The topological polar surface area (TPSA) is 98.9 Å². The number of rotatable bonds is 7. The fourth-order valence-electron chi connectivity index (χ4n) is 4.06. The van der Waals surface area contributed by atoms with Crippen LogP contribution in [0.15, 0.2) is 14.6 Å². The third-order valence-electron chi connectivity index (χ3n) is 5.76. The van der Waals surface area contributed by atoms with E-state index < -0.39 is 16.5 Å². The number of hydrogen-bond acceptors (Lipinski definition) is 6. The third-order valence-corrected chi connectivity index (χ3v) is 6.84. The monoisotopic (exact) mass is 447 g/mol. The molecular formula is C22H33N5O3S. The van der Waals surface area contributed by atoms with Crippen LogP contribution in [-0.2, 0) is 18.4 Å². The molecule has 0 aromatic carbocycles. The average Bonchev–Trinajstić information content (AvgIpc) is 2.73. The van der Waals surface area contributed by atoms with E-state index in [0.29, 0.717) is 40.9 Å². The Bertz CT molecular complexity index is 1070. The van der Waals surface area contributed by atoms with Crippen molar-refractivity contribution < 1.29 is 4.79 Å². The molecule has 1 aliphatic rings. The minimum Gasteiger partial charge on any atom is -0.355 e. The van der Waals surface area contributed by atoms with Crippen LogP contribution < -0.4 is 16.6 Å². The maximum absolute atomic E-state index is 13.0. The maximum atomic E-state index is 13.0. The Morgan fingerprint density at radius 2 is 1.84 bits per heavy atom. The quantitative estimate of drug-likeness (QED) is 0.517. The normalized spacial score (nSPS) is 16.1. The van der Waals surface area contributed by atoms with Crippen LogP contribution in [0.3, 0.4) is 0 Å². The molecule has 170 valence electrons. The van der Waals surface area contributed by atoms with Gasteiger partial charge in [0.25, 0.3) is 5.56 Å². The zero-order valence-electron chi connectivity index (χ0n) is 19.1. The molecule has 0 spiro atoms. The molecule has 1 fully saturated rings. The SMILES string of the molecule is Cc1nc(SC(C)C(=O)NCC2CCCCC2)c2c(=O)n(C)c(=O)n(CC(C)C)c2n1. The van der Waals surface area contributed by atoms with Crippen LogP contribution in [-0.4, -0.2) is 36.8 Å². The van der Waals surface area contributed by atoms with Crippen molar-refractivity contribution in [2.24, 2.45) is 18.9 Å². The van der Waals surface area contributed by atoms with E-state index in [1.54, 1.807) is 6.92 Å². The number of aryl methyl sites for hydroxylation is 1. The summed E-state index contributed by atoms with van der Waals surface area (Å²) in [4.78, 5) is 47.3. The van der Waals surface area contributed by atoms with Gasteiger partial charge in [0.15, 0.2) is 5.65 Å². The summed E-state index contributed by atoms with van der Waals surface area (Å²) in [5.41, 5.74) is -0.484. The van der Waals surface area contributed by atoms with Gasteiger partial charge in [0.1, 0.15) is 16.2 Å². The Hall–Kier alpha value is -2.16. The van der Waals surface area contributed by atoms with Crippen molar-refractivity contribution in [3.05, 3.63) is 26.7 Å². The minimum atomic E-state index is -0.433. The molecule has 0 radical (unpaired) electrons. The van der Waals surface area contributed by atoms with Gasteiger partial charge in [-0.25, -0.2) is 14.8 Å². The summed E-state index contributed by atoms with van der Waals surface area (Å²) in [7, 11) is 1.47. The second kappa shape index (κ2) is 9.97. The lowest BCUT2D eigenvalue weighted by Crippen LogP contribution is -2.40. The Balaban J connectivity index is 1.90. The molecule has 31 heavy (non-hydrogen) atoms. The lowest BCUT2D eigenvalue weighted by molar-refractivity contribution is -0.120. The highest BCUT2D eigenvalue weighted by molar-refractivity contribution is 8.00. The molecule has 0 saturated heterocycles. The molecule has 1 saturated carbocycles. The van der Waals surface area contributed by atoms with Gasteiger partial charge in [-0.15, -0.1) is 0 Å². The van der Waals surface area contributed by atoms with E-state index in [2.05, 4.69) is 15.3 Å². The first-order valence-corrected chi connectivity index (χ1v) is 12.0. The fraction of sp³-hybridized carbons (Fsp3) is 0.682. The number of carbonyl (C=O) groups excluding carboxylic acids is 1. The number of fused-ring (bicyclic) bond motifs is 1. The van der Waals surface area contributed by atoms with Crippen molar-refractivity contribution in [1.29, 1.82) is 0 Å². The summed E-state index contributed by atoms with van der Waals surface area (Å²) in [5, 5.41) is 3.39. The van der Waals surface area contributed by atoms with Gasteiger partial charge < -0.3 is 5.32 Å². The summed E-state index contributed by atoms with van der Waals surface area (Å²) >= 11 is 1.25. The molecule has 0 bridgehead atoms. The molecule has 1 aliphatic carbocycles. The molecule has 9 heteroatoms. The highest BCUT2D eigenvalue weighted by Crippen LogP contribution is 2.27. The van der Waals surface area contributed by atoms with Crippen LogP contribution in [0.5, 0.6) is 0 Å². The zero-order valence-corrected chi connectivity index (χ0v) is 19.9. The predicted molar refractivity (Wildman–Crippen MR) is 124 cm³/mol. The minimum absolute atomic E-state index is 0.0627. The average molecular weight is 448 g/mol. The van der Waals surface area contributed by atoms with E-state index in [-0.39, 0.29) is 11.8 Å². The van der Waals surface area contributed by atoms with Gasteiger partial charge in [-0.2, -0.15) is 0 Å². The molecule has 1 atom stereocenters. The molecule has 8 nitrogen and oxygen atoms in total. The first-order valence-electron chi connectivity index (χ1n) is 11.1. The highest BCUT2D eigenvalue weighted by atomic mass is 32.2. The van der Waals surface area contributed by atoms with E-state index in [4.69, 9.17) is 0 Å². The second-order valence-corrected chi connectivity index (χ2v) is 10.3. The fourth-order valence-corrected chi connectivity index (χ4v) is 5.06. The zero-order chi connectivity index (χ0) is 22.7. The molecule has 1 N–H and O–H groups in total. The number of aromatic nitrogens is 4. The number of thioether (sulfide) groups is 1. The predicted octanol–water partition coefficient (Wildman–Crippen LogP) is 2.63. The van der Waals surface area contributed by atoms with Gasteiger partial charge in [-0.1, -0.05) is 44.9 Å². The third kappa shape index (κ3) is 5.37. The summed E-state index contributed by atoms with van der Waals surface area (Å²) in [6, 6.07) is 0. The van der Waals surface area contributed by atoms with Gasteiger partial charge in [0.2, 0.25) is 5.91 Å². The van der Waals surface area contributed by atoms with Gasteiger partial charge >= 0.3 is 5.69 Å². The van der Waals surface area contributed by atoms with Crippen LogP contribution in [0.4, 0.5) is 0 Å². The van der Waals surface area contributed by atoms with E-state index in [1.165, 1.54) is 55.5 Å². The van der Waals surface area contributed by atoms with Crippen LogP contribution in [0.2, 0.25) is 0 Å². The van der Waals surface area contributed by atoms with E-state index in [0.717, 1.165) is 4.57 Å². The number of amides is 1. The first kappa shape index (κ1) is 23.5. The van der Waals surface area contributed by atoms with Crippen molar-refractivity contribution >= 4 is 28.7 Å². The van der Waals surface area contributed by atoms with Crippen molar-refractivity contribution in [2.45, 2.75) is 76.6 Å². The molecule has 0 aliphatic heterocycles. The largest absolute Gasteiger partial charge is 0.355 e. The van der Waals surface area contributed by atoms with Crippen LogP contribution >= 0.6 is 11.8 Å². The van der Waals surface area contributed by atoms with Crippen LogP contribution in [0, 0.1) is 18.8 Å². The summed E-state index contributed by atoms with van der Waals surface area (Å²) in [6.07, 6.45) is 6.09. The van der Waals surface area contributed by atoms with Gasteiger partial charge in [-0.05, 0) is 38.5 Å². The highest BCUT2D eigenvalue weighted by Gasteiger charge is 2.23. The Morgan fingerprint density at radius 1 is 1.16 bits per heavy atom. The number of carbonyl (C=O) groups is 1. The van der Waals surface area contributed by atoms with Crippen LogP contribution in [0.25, 0.3) is 11.0 Å². The molecule has 2 heterocycles. The smallest absolute Gasteiger partial charge is 0.332 e. The Kier molecular flexibility index (Phi) is 7.56. The summed E-state index contributed by atoms with van der Waals surface area (Å²) in [6.45, 7) is 8.71. The molecule has 1 unspecified atom stereocenters. The van der Waals surface area contributed by atoms with Crippen molar-refractivity contribution in [3.8, 4) is 0 Å². The first-order chi connectivity index (χ1) is 14.7. The van der Waals surface area contributed by atoms with E-state index >= 15 is 0 Å².